The smallest absolute Gasteiger partial charge is 0.200 e. The second kappa shape index (κ2) is 18.8. The maximum Gasteiger partial charge on any atom is 0.200 e. The predicted molar refractivity (Wildman–Crippen MR) is 224 cm³/mol. The Bertz CT molecular complexity index is 1160. The fourth-order valence-electron chi connectivity index (χ4n) is 8.72. The zero-order valence-corrected chi connectivity index (χ0v) is 39.4. The van der Waals surface area contributed by atoms with Gasteiger partial charge in [0.25, 0.3) is 0 Å². The lowest BCUT2D eigenvalue weighted by Crippen LogP contribution is -2.53. The van der Waals surface area contributed by atoms with Crippen LogP contribution in [0, 0.1) is 0 Å². The van der Waals surface area contributed by atoms with E-state index in [1.54, 1.807) is 0 Å². The SMILES string of the molecule is CC(C)[Si](OC/C=C(\CO[Si](C(C)C)(C(C)C)C(C)C)C(O[Si](C)(C)C(C)(C)C)[C@@H]1OC(C)(C)O[C@H]1COCc1ccccc1)(C(C)C)C(C)C. The van der Waals surface area contributed by atoms with Gasteiger partial charge in [0.1, 0.15) is 12.2 Å². The van der Waals surface area contributed by atoms with Crippen LogP contribution in [0.3, 0.4) is 0 Å². The normalized spacial score (nSPS) is 20.2. The molecule has 1 fully saturated rings. The van der Waals surface area contributed by atoms with Gasteiger partial charge in [-0.2, -0.15) is 0 Å². The summed E-state index contributed by atoms with van der Waals surface area (Å²) in [6, 6.07) is 10.3. The molecule has 0 aromatic heterocycles. The second-order valence-corrected chi connectivity index (χ2v) is 34.6. The van der Waals surface area contributed by atoms with Crippen molar-refractivity contribution in [2.45, 2.75) is 200 Å². The lowest BCUT2D eigenvalue weighted by Gasteiger charge is -2.45. The lowest BCUT2D eigenvalue weighted by molar-refractivity contribution is -0.156. The Kier molecular flexibility index (Phi) is 17.2. The first-order valence-corrected chi connectivity index (χ1v) is 27.2. The first kappa shape index (κ1) is 46.5. The highest BCUT2D eigenvalue weighted by atomic mass is 28.4. The van der Waals surface area contributed by atoms with Crippen molar-refractivity contribution in [1.82, 2.24) is 0 Å². The maximum absolute atomic E-state index is 7.51. The molecule has 9 heteroatoms. The van der Waals surface area contributed by atoms with Crippen LogP contribution < -0.4 is 0 Å². The Labute approximate surface area is 318 Å². The van der Waals surface area contributed by atoms with E-state index in [0.29, 0.717) is 59.7 Å². The molecule has 51 heavy (non-hydrogen) atoms. The van der Waals surface area contributed by atoms with Crippen molar-refractivity contribution in [1.29, 1.82) is 0 Å². The zero-order valence-electron chi connectivity index (χ0n) is 36.4. The van der Waals surface area contributed by atoms with Crippen molar-refractivity contribution in [2.24, 2.45) is 0 Å². The Morgan fingerprint density at radius 3 is 1.67 bits per heavy atom. The summed E-state index contributed by atoms with van der Waals surface area (Å²) in [7, 11) is -6.66. The summed E-state index contributed by atoms with van der Waals surface area (Å²) < 4.78 is 42.0. The molecule has 1 heterocycles. The lowest BCUT2D eigenvalue weighted by atomic mass is 10.0. The van der Waals surface area contributed by atoms with E-state index in [2.05, 4.69) is 135 Å². The van der Waals surface area contributed by atoms with E-state index in [0.717, 1.165) is 11.1 Å². The molecule has 3 atom stereocenters. The minimum atomic E-state index is -2.32. The molecule has 0 bridgehead atoms. The summed E-state index contributed by atoms with van der Waals surface area (Å²) in [5.74, 6) is -0.787. The molecule has 1 aliphatic rings. The number of hydrogen-bond acceptors (Lipinski definition) is 6. The summed E-state index contributed by atoms with van der Waals surface area (Å²) in [6.45, 7) is 45.7. The Balaban J connectivity index is 2.73. The number of ether oxygens (including phenoxy) is 3. The van der Waals surface area contributed by atoms with Crippen LogP contribution in [-0.4, -0.2) is 68.9 Å². The molecule has 1 aromatic carbocycles. The van der Waals surface area contributed by atoms with Gasteiger partial charge in [0, 0.05) is 0 Å². The molecule has 0 saturated carbocycles. The van der Waals surface area contributed by atoms with Crippen LogP contribution in [-0.2, 0) is 34.1 Å². The maximum atomic E-state index is 7.51. The van der Waals surface area contributed by atoms with E-state index in [4.69, 9.17) is 27.5 Å². The van der Waals surface area contributed by atoms with Crippen LogP contribution in [0.15, 0.2) is 42.0 Å². The van der Waals surface area contributed by atoms with E-state index in [9.17, 15) is 0 Å². The van der Waals surface area contributed by atoms with Crippen LogP contribution in [0.1, 0.15) is 123 Å². The van der Waals surface area contributed by atoms with E-state index < -0.39 is 30.7 Å². The topological polar surface area (TPSA) is 55.4 Å². The first-order valence-electron chi connectivity index (χ1n) is 20.0. The molecule has 0 N–H and O–H groups in total. The Morgan fingerprint density at radius 1 is 0.745 bits per heavy atom. The average molecular weight is 765 g/mol. The van der Waals surface area contributed by atoms with Crippen molar-refractivity contribution in [2.75, 3.05) is 19.8 Å². The van der Waals surface area contributed by atoms with Gasteiger partial charge in [-0.15, -0.1) is 0 Å². The molecule has 1 saturated heterocycles. The van der Waals surface area contributed by atoms with Crippen LogP contribution >= 0.6 is 0 Å². The van der Waals surface area contributed by atoms with Crippen molar-refractivity contribution in [3.63, 3.8) is 0 Å². The van der Waals surface area contributed by atoms with Gasteiger partial charge in [0.05, 0.1) is 32.5 Å². The van der Waals surface area contributed by atoms with Gasteiger partial charge in [0.15, 0.2) is 14.1 Å². The Morgan fingerprint density at radius 2 is 1.22 bits per heavy atom. The predicted octanol–water partition coefficient (Wildman–Crippen LogP) is 12.4. The molecule has 0 amide bonds. The fraction of sp³-hybridized carbons (Fsp3) is 0.810. The van der Waals surface area contributed by atoms with E-state index in [1.807, 2.05) is 32.0 Å². The molecule has 0 radical (unpaired) electrons. The van der Waals surface area contributed by atoms with Gasteiger partial charge in [-0.05, 0) is 76.4 Å². The third-order valence-electron chi connectivity index (χ3n) is 12.1. The molecule has 0 spiro atoms. The van der Waals surface area contributed by atoms with E-state index >= 15 is 0 Å². The molecule has 0 aliphatic carbocycles. The monoisotopic (exact) mass is 765 g/mol. The number of rotatable bonds is 20. The van der Waals surface area contributed by atoms with Crippen LogP contribution in [0.5, 0.6) is 0 Å². The highest BCUT2D eigenvalue weighted by molar-refractivity contribution is 6.78. The van der Waals surface area contributed by atoms with Crippen LogP contribution in [0.2, 0.25) is 51.4 Å². The third kappa shape index (κ3) is 11.4. The fourth-order valence-corrected chi connectivity index (χ4v) is 20.8. The summed E-state index contributed by atoms with van der Waals surface area (Å²) in [5, 5.41) is -0.0106. The average Bonchev–Trinajstić information content (AvgIpc) is 3.29. The second-order valence-electron chi connectivity index (χ2n) is 19.0. The number of hydrogen-bond donors (Lipinski definition) is 0. The largest absolute Gasteiger partial charge is 0.412 e. The van der Waals surface area contributed by atoms with Crippen molar-refractivity contribution >= 4 is 25.0 Å². The minimum Gasteiger partial charge on any atom is -0.412 e. The van der Waals surface area contributed by atoms with Crippen molar-refractivity contribution in [3.8, 4) is 0 Å². The Hall–Kier alpha value is -0.629. The highest BCUT2D eigenvalue weighted by Crippen LogP contribution is 2.46. The van der Waals surface area contributed by atoms with Gasteiger partial charge in [-0.25, -0.2) is 0 Å². The molecule has 1 aliphatic heterocycles. The number of benzene rings is 1. The van der Waals surface area contributed by atoms with Gasteiger partial charge in [-0.3, -0.25) is 0 Å². The molecule has 2 rings (SSSR count). The van der Waals surface area contributed by atoms with Gasteiger partial charge in [-0.1, -0.05) is 140 Å². The van der Waals surface area contributed by atoms with Crippen LogP contribution in [0.25, 0.3) is 0 Å². The quantitative estimate of drug-likeness (QED) is 0.0973. The molecule has 1 unspecified atom stereocenters. The molecule has 296 valence electrons. The van der Waals surface area contributed by atoms with E-state index in [-0.39, 0.29) is 23.4 Å². The van der Waals surface area contributed by atoms with Crippen LogP contribution in [0.4, 0.5) is 0 Å². The highest BCUT2D eigenvalue weighted by Gasteiger charge is 2.52. The van der Waals surface area contributed by atoms with Gasteiger partial charge in [0.2, 0.25) is 16.6 Å². The standard InChI is InChI=1S/C42H80O6Si3/c1-30(2)50(31(3)4,32(5)6)44-26-25-37(28-45-51(33(7)8,34(9)10)35(11)12)39(48-49(18,19)41(13,14)15)40-38(46-42(16,17)47-40)29-43-27-36-23-21-20-22-24-36/h20-25,30-35,38-40H,26-29H2,1-19H3/b37-25+/t38-,39?,40+/m0/s1. The van der Waals surface area contributed by atoms with E-state index in [1.165, 1.54) is 0 Å². The summed E-state index contributed by atoms with van der Waals surface area (Å²) in [4.78, 5) is 0. The first-order chi connectivity index (χ1) is 23.4. The summed E-state index contributed by atoms with van der Waals surface area (Å²) in [5.41, 5.74) is 5.10. The summed E-state index contributed by atoms with van der Waals surface area (Å²) in [6.07, 6.45) is 1.23. The molecule has 1 aromatic rings. The van der Waals surface area contributed by atoms with Crippen molar-refractivity contribution < 1.29 is 27.5 Å². The molecule has 6 nitrogen and oxygen atoms in total. The van der Waals surface area contributed by atoms with Gasteiger partial charge >= 0.3 is 0 Å². The summed E-state index contributed by atoms with van der Waals surface area (Å²) >= 11 is 0. The van der Waals surface area contributed by atoms with Crippen molar-refractivity contribution in [3.05, 3.63) is 47.5 Å². The third-order valence-corrected chi connectivity index (χ3v) is 28.7. The minimum absolute atomic E-state index is 0.0106. The van der Waals surface area contributed by atoms with Gasteiger partial charge < -0.3 is 27.5 Å². The molecular formula is C42H80O6Si3. The molecular weight excluding hydrogens is 685 g/mol. The zero-order chi connectivity index (χ0) is 39.2.